The number of nitrogens with zero attached hydrogens (tertiary/aromatic N) is 2. The van der Waals surface area contributed by atoms with Crippen molar-refractivity contribution in [1.29, 1.82) is 0 Å². The molecule has 0 bridgehead atoms. The molecule has 1 N–H and O–H groups in total. The highest BCUT2D eigenvalue weighted by atomic mass is 79.9. The molecule has 0 saturated carbocycles. The van der Waals surface area contributed by atoms with Gasteiger partial charge in [0, 0.05) is 22.0 Å². The molecule has 1 aromatic heterocycles. The monoisotopic (exact) mass is 296 g/mol. The van der Waals surface area contributed by atoms with Crippen LogP contribution in [0.5, 0.6) is 5.75 Å². The number of rotatable bonds is 1. The van der Waals surface area contributed by atoms with Crippen LogP contribution in [0, 0.1) is 10.1 Å². The zero-order chi connectivity index (χ0) is 9.30. The lowest BCUT2D eigenvalue weighted by Gasteiger charge is -1.97. The molecule has 0 unspecified atom stereocenters. The maximum absolute atomic E-state index is 10.3. The molecule has 7 heteroatoms. The van der Waals surface area contributed by atoms with Crippen LogP contribution < -0.4 is 0 Å². The summed E-state index contributed by atoms with van der Waals surface area (Å²) >= 11 is 5.90. The highest BCUT2D eigenvalue weighted by Gasteiger charge is 2.19. The van der Waals surface area contributed by atoms with Gasteiger partial charge in [-0.25, -0.2) is 0 Å². The van der Waals surface area contributed by atoms with E-state index in [1.807, 2.05) is 0 Å². The first-order chi connectivity index (χ1) is 5.52. The number of aromatic hydroxyl groups is 1. The van der Waals surface area contributed by atoms with Crippen molar-refractivity contribution in [3.8, 4) is 5.75 Å². The molecule has 0 aliphatic carbocycles. The first-order valence-electron chi connectivity index (χ1n) is 2.71. The second-order valence-electron chi connectivity index (χ2n) is 1.86. The van der Waals surface area contributed by atoms with Gasteiger partial charge in [-0.05, 0) is 25.8 Å². The minimum absolute atomic E-state index is 0.232. The van der Waals surface area contributed by atoms with Crippen molar-refractivity contribution in [1.82, 2.24) is 4.98 Å². The average molecular weight is 298 g/mol. The van der Waals surface area contributed by atoms with Crippen LogP contribution in [0.25, 0.3) is 0 Å². The zero-order valence-corrected chi connectivity index (χ0v) is 8.66. The van der Waals surface area contributed by atoms with Gasteiger partial charge in [-0.3, -0.25) is 0 Å². The van der Waals surface area contributed by atoms with Gasteiger partial charge in [-0.1, -0.05) is 0 Å². The van der Waals surface area contributed by atoms with E-state index in [9.17, 15) is 10.1 Å². The molecule has 0 amide bonds. The smallest absolute Gasteiger partial charge is 0.408 e. The van der Waals surface area contributed by atoms with Crippen molar-refractivity contribution in [2.24, 2.45) is 0 Å². The predicted octanol–water partition coefficient (Wildman–Crippen LogP) is 2.22. The quantitative estimate of drug-likeness (QED) is 0.490. The third kappa shape index (κ3) is 1.72. The van der Waals surface area contributed by atoms with Gasteiger partial charge in [0.15, 0.2) is 0 Å². The van der Waals surface area contributed by atoms with E-state index in [4.69, 9.17) is 5.11 Å². The number of hydrogen-bond donors (Lipinski definition) is 1. The fraction of sp³-hybridized carbons (Fsp3) is 0. The molecule has 0 saturated heterocycles. The van der Waals surface area contributed by atoms with Gasteiger partial charge >= 0.3 is 5.82 Å². The largest absolute Gasteiger partial charge is 0.500 e. The van der Waals surface area contributed by atoms with Crippen molar-refractivity contribution in [2.75, 3.05) is 0 Å². The molecule has 12 heavy (non-hydrogen) atoms. The minimum atomic E-state index is -0.759. The Kier molecular flexibility index (Phi) is 2.63. The predicted molar refractivity (Wildman–Crippen MR) is 48.0 cm³/mol. The fourth-order valence-corrected chi connectivity index (χ4v) is 1.69. The van der Waals surface area contributed by atoms with Gasteiger partial charge < -0.3 is 15.2 Å². The van der Waals surface area contributed by atoms with Crippen molar-refractivity contribution in [3.05, 3.63) is 25.3 Å². The normalized spacial score (nSPS) is 9.83. The maximum atomic E-state index is 10.3. The van der Waals surface area contributed by atoms with Crippen LogP contribution in [0.1, 0.15) is 0 Å². The van der Waals surface area contributed by atoms with Crippen LogP contribution in [0.4, 0.5) is 5.82 Å². The lowest BCUT2D eigenvalue weighted by molar-refractivity contribution is -0.390. The second kappa shape index (κ2) is 3.36. The third-order valence-electron chi connectivity index (χ3n) is 1.07. The molecule has 0 radical (unpaired) electrons. The summed E-state index contributed by atoms with van der Waals surface area (Å²) in [5.41, 5.74) is 0. The van der Waals surface area contributed by atoms with E-state index in [2.05, 4.69) is 36.8 Å². The molecule has 0 fully saturated rings. The van der Waals surface area contributed by atoms with Gasteiger partial charge in [0.05, 0.1) is 4.47 Å². The summed E-state index contributed by atoms with van der Waals surface area (Å²) in [6.45, 7) is 0. The summed E-state index contributed by atoms with van der Waals surface area (Å²) in [6, 6.07) is 1.42. The van der Waals surface area contributed by atoms with Crippen molar-refractivity contribution in [2.45, 2.75) is 0 Å². The minimum Gasteiger partial charge on any atom is -0.500 e. The number of hydrogen-bond acceptors (Lipinski definition) is 4. The van der Waals surface area contributed by atoms with E-state index in [0.29, 0.717) is 4.60 Å². The van der Waals surface area contributed by atoms with Crippen molar-refractivity contribution < 1.29 is 10.0 Å². The van der Waals surface area contributed by atoms with E-state index < -0.39 is 16.5 Å². The average Bonchev–Trinajstić information content (AvgIpc) is 1.96. The summed E-state index contributed by atoms with van der Waals surface area (Å²) in [4.78, 5) is 13.0. The molecule has 0 aliphatic rings. The number of aromatic nitrogens is 1. The van der Waals surface area contributed by atoms with Crippen LogP contribution in [-0.4, -0.2) is 15.0 Å². The van der Waals surface area contributed by atoms with E-state index in [1.54, 1.807) is 0 Å². The topological polar surface area (TPSA) is 76.3 Å². The van der Waals surface area contributed by atoms with Gasteiger partial charge in [0.1, 0.15) is 0 Å². The van der Waals surface area contributed by atoms with Gasteiger partial charge in [-0.15, -0.1) is 0 Å². The number of pyridine rings is 1. The Morgan fingerprint density at radius 2 is 2.17 bits per heavy atom. The highest BCUT2D eigenvalue weighted by Crippen LogP contribution is 2.33. The highest BCUT2D eigenvalue weighted by molar-refractivity contribution is 9.11. The molecule has 1 rings (SSSR count). The first kappa shape index (κ1) is 9.40. The summed E-state index contributed by atoms with van der Waals surface area (Å²) in [7, 11) is 0. The van der Waals surface area contributed by atoms with Crippen LogP contribution in [0.2, 0.25) is 0 Å². The summed E-state index contributed by atoms with van der Waals surface area (Å²) in [6.07, 6.45) is 0. The molecule has 0 spiro atoms. The molecule has 5 nitrogen and oxygen atoms in total. The lowest BCUT2D eigenvalue weighted by atomic mass is 10.4. The zero-order valence-electron chi connectivity index (χ0n) is 5.49. The molecule has 0 aromatic carbocycles. The Hall–Kier alpha value is -0.690. The standard InChI is InChI=1S/C5H2Br2N2O3/c6-2-1-3(7)8-5(4(2)10)9(11)12/h1,10H. The summed E-state index contributed by atoms with van der Waals surface area (Å²) in [5, 5.41) is 19.4. The van der Waals surface area contributed by atoms with E-state index in [-0.39, 0.29) is 4.47 Å². The molecule has 1 heterocycles. The number of halogens is 2. The van der Waals surface area contributed by atoms with Crippen LogP contribution in [-0.2, 0) is 0 Å². The third-order valence-corrected chi connectivity index (χ3v) is 2.08. The maximum Gasteiger partial charge on any atom is 0.408 e. The van der Waals surface area contributed by atoms with Gasteiger partial charge in [-0.2, -0.15) is 0 Å². The molecular formula is C5H2Br2N2O3. The Labute approximate surface area is 83.8 Å². The SMILES string of the molecule is O=[N+]([O-])c1nc(Br)cc(Br)c1O. The summed E-state index contributed by atoms with van der Waals surface area (Å²) < 4.78 is 0.523. The van der Waals surface area contributed by atoms with Crippen molar-refractivity contribution in [3.63, 3.8) is 0 Å². The lowest BCUT2D eigenvalue weighted by Crippen LogP contribution is -1.93. The summed E-state index contributed by atoms with van der Waals surface area (Å²) in [5.74, 6) is -1.04. The number of nitro groups is 1. The van der Waals surface area contributed by atoms with Gasteiger partial charge in [0.2, 0.25) is 10.4 Å². The Balaban J connectivity index is 3.37. The van der Waals surface area contributed by atoms with E-state index in [0.717, 1.165) is 0 Å². The van der Waals surface area contributed by atoms with Gasteiger partial charge in [0.25, 0.3) is 0 Å². The van der Waals surface area contributed by atoms with E-state index in [1.165, 1.54) is 6.07 Å². The van der Waals surface area contributed by atoms with Crippen molar-refractivity contribution >= 4 is 37.7 Å². The molecular weight excluding hydrogens is 296 g/mol. The van der Waals surface area contributed by atoms with E-state index >= 15 is 0 Å². The Morgan fingerprint density at radius 3 is 2.67 bits per heavy atom. The first-order valence-corrected chi connectivity index (χ1v) is 4.30. The van der Waals surface area contributed by atoms with Crippen LogP contribution in [0.15, 0.2) is 15.1 Å². The molecule has 0 aliphatic heterocycles. The second-order valence-corrected chi connectivity index (χ2v) is 3.52. The van der Waals surface area contributed by atoms with Crippen LogP contribution >= 0.6 is 31.9 Å². The Morgan fingerprint density at radius 1 is 1.58 bits per heavy atom. The fourth-order valence-electron chi connectivity index (χ4n) is 0.593. The molecule has 0 atom stereocenters. The van der Waals surface area contributed by atoms with Crippen LogP contribution in [0.3, 0.4) is 0 Å². The molecule has 64 valence electrons. The Bertz CT molecular complexity index is 342. The molecule has 1 aromatic rings.